The number of methoxy groups -OCH3 is 1. The molecule has 4 nitrogen and oxygen atoms in total. The van der Waals surface area contributed by atoms with Crippen LogP contribution in [0.15, 0.2) is 42.5 Å². The summed E-state index contributed by atoms with van der Waals surface area (Å²) in [6.45, 7) is 1.72. The van der Waals surface area contributed by atoms with E-state index in [-0.39, 0.29) is 23.4 Å². The quantitative estimate of drug-likeness (QED) is 0.596. The van der Waals surface area contributed by atoms with Gasteiger partial charge in [0.1, 0.15) is 5.82 Å². The molecule has 0 aromatic heterocycles. The number of esters is 1. The smallest absolute Gasteiger partial charge is 0.416 e. The topological polar surface area (TPSA) is 46.6 Å². The van der Waals surface area contributed by atoms with E-state index in [1.165, 1.54) is 6.07 Å². The molecular formula is C18H15F4NO3. The van der Waals surface area contributed by atoms with Crippen molar-refractivity contribution >= 4 is 17.6 Å². The second-order valence-corrected chi connectivity index (χ2v) is 5.28. The molecule has 26 heavy (non-hydrogen) atoms. The van der Waals surface area contributed by atoms with Crippen LogP contribution in [0.4, 0.5) is 23.2 Å². The number of ether oxygens (including phenoxy) is 1. The predicted molar refractivity (Wildman–Crippen MR) is 86.5 cm³/mol. The Kier molecular flexibility index (Phi) is 5.64. The van der Waals surface area contributed by atoms with E-state index in [1.54, 1.807) is 6.92 Å². The molecule has 0 aliphatic carbocycles. The molecule has 2 aromatic carbocycles. The van der Waals surface area contributed by atoms with Gasteiger partial charge in [-0.3, -0.25) is 4.79 Å². The van der Waals surface area contributed by atoms with E-state index in [2.05, 4.69) is 4.74 Å². The Bertz CT molecular complexity index is 816. The van der Waals surface area contributed by atoms with Gasteiger partial charge in [0.25, 0.3) is 5.91 Å². The monoisotopic (exact) mass is 369 g/mol. The Labute approximate surface area is 147 Å². The van der Waals surface area contributed by atoms with Gasteiger partial charge >= 0.3 is 12.1 Å². The molecule has 0 heterocycles. The molecule has 0 radical (unpaired) electrons. The zero-order valence-corrected chi connectivity index (χ0v) is 13.9. The average Bonchev–Trinajstić information content (AvgIpc) is 2.61. The fraction of sp³-hybridized carbons (Fsp3) is 0.222. The number of carbonyl (C=O) groups excluding carboxylic acids is 2. The fourth-order valence-electron chi connectivity index (χ4n) is 2.35. The minimum absolute atomic E-state index is 0.0564. The van der Waals surface area contributed by atoms with Gasteiger partial charge in [0, 0.05) is 12.2 Å². The summed E-state index contributed by atoms with van der Waals surface area (Å²) >= 11 is 0. The standard InChI is InChI=1S/C18H15F4NO3/c1-3-23(13-7-5-12(6-8-13)18(20,21)22)16(24)14-9-4-11(10-15(14)19)17(25)26-2/h4-10H,3H2,1-2H3. The molecule has 0 atom stereocenters. The average molecular weight is 369 g/mol. The summed E-state index contributed by atoms with van der Waals surface area (Å²) in [5, 5.41) is 0. The van der Waals surface area contributed by atoms with E-state index in [0.29, 0.717) is 0 Å². The Morgan fingerprint density at radius 3 is 2.15 bits per heavy atom. The highest BCUT2D eigenvalue weighted by molar-refractivity contribution is 6.06. The second-order valence-electron chi connectivity index (χ2n) is 5.28. The molecule has 0 saturated carbocycles. The Hall–Kier alpha value is -2.90. The number of anilines is 1. The zero-order chi connectivity index (χ0) is 19.5. The van der Waals surface area contributed by atoms with Crippen molar-refractivity contribution in [2.24, 2.45) is 0 Å². The van der Waals surface area contributed by atoms with Crippen LogP contribution in [0.25, 0.3) is 0 Å². The number of amides is 1. The van der Waals surface area contributed by atoms with Crippen molar-refractivity contribution in [2.45, 2.75) is 13.1 Å². The third kappa shape index (κ3) is 4.01. The van der Waals surface area contributed by atoms with E-state index >= 15 is 0 Å². The summed E-state index contributed by atoms with van der Waals surface area (Å²) in [7, 11) is 1.14. The number of halogens is 4. The van der Waals surface area contributed by atoms with Gasteiger partial charge in [0.15, 0.2) is 0 Å². The molecule has 1 amide bonds. The molecule has 138 valence electrons. The van der Waals surface area contributed by atoms with Crippen LogP contribution in [0.5, 0.6) is 0 Å². The summed E-state index contributed by atoms with van der Waals surface area (Å²) in [4.78, 5) is 25.1. The van der Waals surface area contributed by atoms with Crippen molar-refractivity contribution < 1.29 is 31.9 Å². The molecule has 0 aliphatic heterocycles. The van der Waals surface area contributed by atoms with E-state index in [0.717, 1.165) is 48.4 Å². The van der Waals surface area contributed by atoms with Gasteiger partial charge in [-0.25, -0.2) is 9.18 Å². The first-order chi connectivity index (χ1) is 12.2. The molecule has 0 N–H and O–H groups in total. The van der Waals surface area contributed by atoms with Gasteiger partial charge in [0.05, 0.1) is 23.8 Å². The molecule has 2 aromatic rings. The summed E-state index contributed by atoms with van der Waals surface area (Å²) < 4.78 is 56.6. The van der Waals surface area contributed by atoms with E-state index in [4.69, 9.17) is 0 Å². The Morgan fingerprint density at radius 2 is 1.69 bits per heavy atom. The molecule has 0 unspecified atom stereocenters. The third-order valence-electron chi connectivity index (χ3n) is 3.69. The minimum atomic E-state index is -4.49. The lowest BCUT2D eigenvalue weighted by Gasteiger charge is -2.22. The number of nitrogens with zero attached hydrogens (tertiary/aromatic N) is 1. The first-order valence-electron chi connectivity index (χ1n) is 7.56. The highest BCUT2D eigenvalue weighted by Crippen LogP contribution is 2.31. The van der Waals surface area contributed by atoms with Gasteiger partial charge in [0.2, 0.25) is 0 Å². The van der Waals surface area contributed by atoms with Gasteiger partial charge in [-0.2, -0.15) is 13.2 Å². The number of hydrogen-bond donors (Lipinski definition) is 0. The van der Waals surface area contributed by atoms with Crippen molar-refractivity contribution in [2.75, 3.05) is 18.6 Å². The van der Waals surface area contributed by atoms with Crippen LogP contribution in [0.3, 0.4) is 0 Å². The van der Waals surface area contributed by atoms with Crippen molar-refractivity contribution in [1.82, 2.24) is 0 Å². The molecule has 0 bridgehead atoms. The van der Waals surface area contributed by atoms with Gasteiger partial charge in [-0.15, -0.1) is 0 Å². The van der Waals surface area contributed by atoms with E-state index in [1.807, 2.05) is 0 Å². The van der Waals surface area contributed by atoms with Gasteiger partial charge < -0.3 is 9.64 Å². The van der Waals surface area contributed by atoms with Crippen molar-refractivity contribution in [3.63, 3.8) is 0 Å². The van der Waals surface area contributed by atoms with Crippen LogP contribution in [0, 0.1) is 5.82 Å². The SMILES string of the molecule is CCN(C(=O)c1ccc(C(=O)OC)cc1F)c1ccc(C(F)(F)F)cc1. The van der Waals surface area contributed by atoms with E-state index in [9.17, 15) is 27.2 Å². The molecular weight excluding hydrogens is 354 g/mol. The highest BCUT2D eigenvalue weighted by atomic mass is 19.4. The summed E-state index contributed by atoms with van der Waals surface area (Å²) in [6, 6.07) is 7.24. The van der Waals surface area contributed by atoms with Crippen LogP contribution >= 0.6 is 0 Å². The number of rotatable bonds is 4. The normalized spacial score (nSPS) is 11.2. The molecule has 0 spiro atoms. The largest absolute Gasteiger partial charge is 0.465 e. The minimum Gasteiger partial charge on any atom is -0.465 e. The number of hydrogen-bond acceptors (Lipinski definition) is 3. The first-order valence-corrected chi connectivity index (χ1v) is 7.56. The molecule has 8 heteroatoms. The zero-order valence-electron chi connectivity index (χ0n) is 13.9. The number of benzene rings is 2. The Morgan fingerprint density at radius 1 is 1.08 bits per heavy atom. The van der Waals surface area contributed by atoms with E-state index < -0.39 is 29.4 Å². The van der Waals surface area contributed by atoms with Crippen LogP contribution in [-0.2, 0) is 10.9 Å². The lowest BCUT2D eigenvalue weighted by atomic mass is 10.1. The maximum atomic E-state index is 14.2. The van der Waals surface area contributed by atoms with Crippen molar-refractivity contribution in [3.8, 4) is 0 Å². The van der Waals surface area contributed by atoms with Gasteiger partial charge in [-0.1, -0.05) is 0 Å². The van der Waals surface area contributed by atoms with Crippen molar-refractivity contribution in [3.05, 3.63) is 65.0 Å². The van der Waals surface area contributed by atoms with Crippen LogP contribution < -0.4 is 4.90 Å². The lowest BCUT2D eigenvalue weighted by molar-refractivity contribution is -0.137. The first kappa shape index (κ1) is 19.4. The van der Waals surface area contributed by atoms with Gasteiger partial charge in [-0.05, 0) is 49.4 Å². The van der Waals surface area contributed by atoms with Crippen LogP contribution in [0.2, 0.25) is 0 Å². The number of carbonyl (C=O) groups is 2. The predicted octanol–water partition coefficient (Wildman–Crippen LogP) is 4.30. The maximum Gasteiger partial charge on any atom is 0.416 e. The van der Waals surface area contributed by atoms with Crippen LogP contribution in [-0.4, -0.2) is 25.5 Å². The van der Waals surface area contributed by atoms with Crippen molar-refractivity contribution in [1.29, 1.82) is 0 Å². The highest BCUT2D eigenvalue weighted by Gasteiger charge is 2.30. The summed E-state index contributed by atoms with van der Waals surface area (Å²) in [5.41, 5.74) is -1.01. The Balaban J connectivity index is 2.33. The number of alkyl halides is 3. The molecule has 0 fully saturated rings. The second kappa shape index (κ2) is 7.55. The molecule has 0 saturated heterocycles. The summed E-state index contributed by atoms with van der Waals surface area (Å²) in [5.74, 6) is -2.41. The maximum absolute atomic E-state index is 14.2. The molecule has 0 aliphatic rings. The summed E-state index contributed by atoms with van der Waals surface area (Å²) in [6.07, 6.45) is -4.49. The lowest BCUT2D eigenvalue weighted by Crippen LogP contribution is -2.31. The fourth-order valence-corrected chi connectivity index (χ4v) is 2.35. The van der Waals surface area contributed by atoms with Crippen LogP contribution in [0.1, 0.15) is 33.2 Å². The molecule has 2 rings (SSSR count). The third-order valence-corrected chi connectivity index (χ3v) is 3.69.